The van der Waals surface area contributed by atoms with Crippen molar-refractivity contribution >= 4 is 21.7 Å². The zero-order chi connectivity index (χ0) is 25.9. The number of aromatic nitrogens is 3. The second-order valence-corrected chi connectivity index (χ2v) is 10.1. The van der Waals surface area contributed by atoms with E-state index in [1.807, 2.05) is 13.1 Å². The number of nitrogens with zero attached hydrogens (tertiary/aromatic N) is 3. The molecule has 0 N–H and O–H groups in total. The first-order chi connectivity index (χ1) is 18.7. The molecule has 0 saturated carbocycles. The van der Waals surface area contributed by atoms with E-state index in [0.717, 1.165) is 59.2 Å². The van der Waals surface area contributed by atoms with Gasteiger partial charge in [0.2, 0.25) is 0 Å². The lowest BCUT2D eigenvalue weighted by atomic mass is 9.96. The average molecular weight is 494 g/mol. The van der Waals surface area contributed by atoms with Crippen LogP contribution in [0.25, 0.3) is 44.2 Å². The van der Waals surface area contributed by atoms with Crippen LogP contribution in [0.3, 0.4) is 0 Å². The fraction of sp³-hybridized carbons (Fsp3) is 0.171. The number of unbranched alkanes of at least 4 members (excludes halogenated alkanes) is 1. The molecule has 0 atom stereocenters. The molecule has 3 nitrogen and oxygen atoms in total. The van der Waals surface area contributed by atoms with Gasteiger partial charge in [-0.05, 0) is 74.2 Å². The van der Waals surface area contributed by atoms with Gasteiger partial charge in [-0.15, -0.1) is 0 Å². The van der Waals surface area contributed by atoms with Crippen molar-refractivity contribution in [3.05, 3.63) is 126 Å². The van der Waals surface area contributed by atoms with Crippen molar-refractivity contribution in [1.82, 2.24) is 15.0 Å². The number of fused-ring (bicyclic) bond motifs is 2. The lowest BCUT2D eigenvalue weighted by Gasteiger charge is -2.13. The molecule has 0 radical (unpaired) electrons. The monoisotopic (exact) mass is 493 g/mol. The quantitative estimate of drug-likeness (QED) is 0.209. The summed E-state index contributed by atoms with van der Waals surface area (Å²) in [4.78, 5) is 14.4. The number of hydrogen-bond acceptors (Lipinski definition) is 3. The molecule has 6 aromatic rings. The maximum atomic E-state index is 4.99. The van der Waals surface area contributed by atoms with E-state index in [0.29, 0.717) is 0 Å². The fourth-order valence-electron chi connectivity index (χ4n) is 5.24. The van der Waals surface area contributed by atoms with E-state index in [1.165, 1.54) is 33.0 Å². The van der Waals surface area contributed by atoms with Gasteiger partial charge in [0.05, 0.1) is 16.9 Å². The Morgan fingerprint density at radius 1 is 0.605 bits per heavy atom. The first-order valence-electron chi connectivity index (χ1n) is 13.4. The normalized spacial score (nSPS) is 11.3. The minimum absolute atomic E-state index is 1.01. The van der Waals surface area contributed by atoms with Gasteiger partial charge in [-0.2, -0.15) is 0 Å². The smallest absolute Gasteiger partial charge is 0.0787 e. The predicted molar refractivity (Wildman–Crippen MR) is 158 cm³/mol. The van der Waals surface area contributed by atoms with Gasteiger partial charge < -0.3 is 0 Å². The summed E-state index contributed by atoms with van der Waals surface area (Å²) in [6, 6.07) is 32.1. The second kappa shape index (κ2) is 10.5. The van der Waals surface area contributed by atoms with Crippen molar-refractivity contribution in [2.45, 2.75) is 39.5 Å². The van der Waals surface area contributed by atoms with Crippen LogP contribution in [-0.2, 0) is 12.8 Å². The van der Waals surface area contributed by atoms with E-state index < -0.39 is 0 Å². The van der Waals surface area contributed by atoms with Crippen LogP contribution in [0.5, 0.6) is 0 Å². The van der Waals surface area contributed by atoms with Crippen LogP contribution in [-0.4, -0.2) is 15.0 Å². The summed E-state index contributed by atoms with van der Waals surface area (Å²) in [5.41, 5.74) is 10.3. The number of rotatable bonds is 7. The van der Waals surface area contributed by atoms with Gasteiger partial charge in [0, 0.05) is 40.0 Å². The summed E-state index contributed by atoms with van der Waals surface area (Å²) < 4.78 is 0. The third kappa shape index (κ3) is 4.92. The Morgan fingerprint density at radius 3 is 2.24 bits per heavy atom. The van der Waals surface area contributed by atoms with Crippen LogP contribution in [0, 0.1) is 13.8 Å². The van der Waals surface area contributed by atoms with E-state index in [4.69, 9.17) is 15.0 Å². The largest absolute Gasteiger partial charge is 0.256 e. The van der Waals surface area contributed by atoms with Gasteiger partial charge in [0.25, 0.3) is 0 Å². The summed E-state index contributed by atoms with van der Waals surface area (Å²) in [5, 5.41) is 3.64. The molecular weight excluding hydrogens is 462 g/mol. The Labute approximate surface area is 224 Å². The summed E-state index contributed by atoms with van der Waals surface area (Å²) in [5.74, 6) is 0. The Kier molecular flexibility index (Phi) is 6.66. The van der Waals surface area contributed by atoms with E-state index in [-0.39, 0.29) is 0 Å². The van der Waals surface area contributed by atoms with E-state index in [2.05, 4.69) is 104 Å². The van der Waals surface area contributed by atoms with Gasteiger partial charge >= 0.3 is 0 Å². The molecule has 0 amide bonds. The van der Waals surface area contributed by atoms with Gasteiger partial charge in [0.1, 0.15) is 0 Å². The van der Waals surface area contributed by atoms with Gasteiger partial charge in [-0.3, -0.25) is 15.0 Å². The molecule has 0 spiro atoms. The Bertz CT molecular complexity index is 1720. The van der Waals surface area contributed by atoms with E-state index >= 15 is 0 Å². The van der Waals surface area contributed by atoms with Crippen LogP contribution in [0.1, 0.15) is 35.2 Å². The molecular formula is C35H31N3. The topological polar surface area (TPSA) is 38.7 Å². The third-order valence-corrected chi connectivity index (χ3v) is 7.34. The Morgan fingerprint density at radius 2 is 1.42 bits per heavy atom. The highest BCUT2D eigenvalue weighted by atomic mass is 14.7. The molecule has 0 aliphatic rings. The number of benzene rings is 3. The molecule has 0 saturated heterocycles. The van der Waals surface area contributed by atoms with Crippen molar-refractivity contribution in [3.63, 3.8) is 0 Å². The Hall–Kier alpha value is -4.37. The number of aryl methyl sites for hydroxylation is 4. The Balaban J connectivity index is 1.17. The maximum absolute atomic E-state index is 4.99. The zero-order valence-electron chi connectivity index (χ0n) is 22.0. The van der Waals surface area contributed by atoms with Crippen molar-refractivity contribution in [2.75, 3.05) is 0 Å². The lowest BCUT2D eigenvalue weighted by Crippen LogP contribution is -1.96. The minimum atomic E-state index is 1.01. The van der Waals surface area contributed by atoms with Crippen LogP contribution >= 0.6 is 0 Å². The predicted octanol–water partition coefficient (Wildman–Crippen LogP) is 8.69. The second-order valence-electron chi connectivity index (χ2n) is 10.1. The zero-order valence-corrected chi connectivity index (χ0v) is 22.0. The highest BCUT2D eigenvalue weighted by Gasteiger charge is 2.12. The molecule has 0 fully saturated rings. The molecule has 3 heterocycles. The highest BCUT2D eigenvalue weighted by molar-refractivity contribution is 6.03. The van der Waals surface area contributed by atoms with E-state index in [1.54, 1.807) is 0 Å². The van der Waals surface area contributed by atoms with Gasteiger partial charge in [-0.25, -0.2) is 0 Å². The third-order valence-electron chi connectivity index (χ3n) is 7.34. The van der Waals surface area contributed by atoms with Gasteiger partial charge in [0.15, 0.2) is 0 Å². The van der Waals surface area contributed by atoms with Crippen molar-refractivity contribution < 1.29 is 0 Å². The molecule has 0 aliphatic carbocycles. The molecule has 6 rings (SSSR count). The maximum Gasteiger partial charge on any atom is 0.0787 e. The average Bonchev–Trinajstić information content (AvgIpc) is 2.95. The molecule has 3 aromatic carbocycles. The first-order valence-corrected chi connectivity index (χ1v) is 13.4. The summed E-state index contributed by atoms with van der Waals surface area (Å²) in [6.45, 7) is 4.14. The van der Waals surface area contributed by atoms with Crippen LogP contribution in [0.15, 0.2) is 103 Å². The number of pyridine rings is 3. The number of hydrogen-bond donors (Lipinski definition) is 0. The molecule has 3 heteroatoms. The molecule has 186 valence electrons. The van der Waals surface area contributed by atoms with Crippen LogP contribution in [0.2, 0.25) is 0 Å². The minimum Gasteiger partial charge on any atom is -0.256 e. The van der Waals surface area contributed by atoms with E-state index in [9.17, 15) is 0 Å². The first kappa shape index (κ1) is 24.0. The van der Waals surface area contributed by atoms with Crippen molar-refractivity contribution in [3.8, 4) is 22.5 Å². The molecule has 38 heavy (non-hydrogen) atoms. The summed E-state index contributed by atoms with van der Waals surface area (Å²) in [6.07, 6.45) is 8.39. The molecule has 0 bridgehead atoms. The standard InChI is InChI=1S/C35H31N3/c1-24-14-18-27(19-15-24)33-21-17-26(22-36-33)8-3-4-9-28-23-37-35(31-11-6-5-10-29(28)31)32-12-7-13-34-30(32)20-16-25(2)38-34/h5-7,10-23H,3-4,8-9H2,1-2H3. The lowest BCUT2D eigenvalue weighted by molar-refractivity contribution is 0.734. The molecule has 0 aliphatic heterocycles. The highest BCUT2D eigenvalue weighted by Crippen LogP contribution is 2.33. The van der Waals surface area contributed by atoms with Crippen molar-refractivity contribution in [2.24, 2.45) is 0 Å². The van der Waals surface area contributed by atoms with Crippen molar-refractivity contribution in [1.29, 1.82) is 0 Å². The molecule has 3 aromatic heterocycles. The summed E-state index contributed by atoms with van der Waals surface area (Å²) >= 11 is 0. The fourth-order valence-corrected chi connectivity index (χ4v) is 5.24. The summed E-state index contributed by atoms with van der Waals surface area (Å²) in [7, 11) is 0. The van der Waals surface area contributed by atoms with Crippen LogP contribution in [0.4, 0.5) is 0 Å². The van der Waals surface area contributed by atoms with Gasteiger partial charge in [-0.1, -0.05) is 78.4 Å². The SMILES string of the molecule is Cc1ccc(-c2ccc(CCCCc3cnc(-c4cccc5nc(C)ccc45)c4ccccc34)cn2)cc1. The van der Waals surface area contributed by atoms with Crippen LogP contribution < -0.4 is 0 Å². The molecule has 0 unspecified atom stereocenters.